The van der Waals surface area contributed by atoms with Crippen LogP contribution in [-0.4, -0.2) is 13.1 Å². The van der Waals surface area contributed by atoms with Crippen LogP contribution in [0.3, 0.4) is 0 Å². The number of esters is 1. The minimum absolute atomic E-state index is 0.305. The fourth-order valence-corrected chi connectivity index (χ4v) is 1.74. The monoisotopic (exact) mass is 226 g/mol. The number of methoxy groups -OCH3 is 1. The third-order valence-corrected chi connectivity index (χ3v) is 2.66. The van der Waals surface area contributed by atoms with Crippen molar-refractivity contribution in [2.75, 3.05) is 7.11 Å². The normalized spacial score (nSPS) is 10.0. The van der Waals surface area contributed by atoms with E-state index in [0.29, 0.717) is 5.56 Å². The Bertz CT molecular complexity index is 527. The molecule has 2 nitrogen and oxygen atoms in total. The second kappa shape index (κ2) is 4.83. The Balaban J connectivity index is 2.32. The first-order valence-electron chi connectivity index (χ1n) is 5.46. The van der Waals surface area contributed by atoms with Crippen LogP contribution in [0.15, 0.2) is 48.5 Å². The molecule has 0 bridgehead atoms. The van der Waals surface area contributed by atoms with Crippen molar-refractivity contribution in [2.45, 2.75) is 6.92 Å². The lowest BCUT2D eigenvalue weighted by molar-refractivity contribution is 0.0601. The molecule has 0 aliphatic carbocycles. The van der Waals surface area contributed by atoms with E-state index in [1.54, 1.807) is 12.1 Å². The number of benzene rings is 2. The van der Waals surface area contributed by atoms with Gasteiger partial charge < -0.3 is 4.74 Å². The summed E-state index contributed by atoms with van der Waals surface area (Å²) in [7, 11) is 1.39. The topological polar surface area (TPSA) is 26.3 Å². The largest absolute Gasteiger partial charge is 0.465 e. The standard InChI is InChI=1S/C15H14O2/c1-11-4-3-5-14(10-11)12-6-8-13(9-7-12)15(16)17-2/h3-10H,1-2H3. The fourth-order valence-electron chi connectivity index (χ4n) is 1.74. The Hall–Kier alpha value is -2.09. The lowest BCUT2D eigenvalue weighted by Gasteiger charge is -2.04. The minimum Gasteiger partial charge on any atom is -0.465 e. The molecule has 0 radical (unpaired) electrons. The third-order valence-electron chi connectivity index (χ3n) is 2.66. The van der Waals surface area contributed by atoms with Crippen LogP contribution >= 0.6 is 0 Å². The molecule has 0 amide bonds. The molecule has 0 atom stereocenters. The van der Waals surface area contributed by atoms with E-state index in [4.69, 9.17) is 0 Å². The van der Waals surface area contributed by atoms with Gasteiger partial charge in [-0.25, -0.2) is 4.79 Å². The molecule has 0 aliphatic heterocycles. The zero-order valence-corrected chi connectivity index (χ0v) is 9.94. The van der Waals surface area contributed by atoms with Gasteiger partial charge in [-0.05, 0) is 30.2 Å². The molecule has 0 aliphatic rings. The quantitative estimate of drug-likeness (QED) is 0.733. The van der Waals surface area contributed by atoms with Crippen molar-refractivity contribution in [3.8, 4) is 11.1 Å². The van der Waals surface area contributed by atoms with Gasteiger partial charge in [0.05, 0.1) is 12.7 Å². The summed E-state index contributed by atoms with van der Waals surface area (Å²) < 4.78 is 4.66. The van der Waals surface area contributed by atoms with Gasteiger partial charge in [0.15, 0.2) is 0 Å². The Kier molecular flexibility index (Phi) is 3.24. The van der Waals surface area contributed by atoms with Gasteiger partial charge in [0.25, 0.3) is 0 Å². The molecular weight excluding hydrogens is 212 g/mol. The van der Waals surface area contributed by atoms with Gasteiger partial charge in [-0.2, -0.15) is 0 Å². The van der Waals surface area contributed by atoms with Gasteiger partial charge in [0, 0.05) is 0 Å². The van der Waals surface area contributed by atoms with Crippen molar-refractivity contribution in [1.29, 1.82) is 0 Å². The summed E-state index contributed by atoms with van der Waals surface area (Å²) in [5.41, 5.74) is 4.05. The van der Waals surface area contributed by atoms with Crippen molar-refractivity contribution < 1.29 is 9.53 Å². The summed E-state index contributed by atoms with van der Waals surface area (Å²) in [6.07, 6.45) is 0. The van der Waals surface area contributed by atoms with Crippen LogP contribution in [0.5, 0.6) is 0 Å². The second-order valence-electron chi connectivity index (χ2n) is 3.94. The van der Waals surface area contributed by atoms with E-state index in [1.165, 1.54) is 12.7 Å². The SMILES string of the molecule is COC(=O)c1ccc(-c2cccc(C)c2)cc1. The number of carbonyl (C=O) groups excluding carboxylic acids is 1. The zero-order chi connectivity index (χ0) is 12.3. The van der Waals surface area contributed by atoms with Crippen LogP contribution in [0.2, 0.25) is 0 Å². The summed E-state index contributed by atoms with van der Waals surface area (Å²) >= 11 is 0. The molecule has 2 rings (SSSR count). The highest BCUT2D eigenvalue weighted by molar-refractivity contribution is 5.89. The molecule has 0 N–H and O–H groups in total. The minimum atomic E-state index is -0.305. The van der Waals surface area contributed by atoms with Gasteiger partial charge in [0.1, 0.15) is 0 Å². The van der Waals surface area contributed by atoms with E-state index in [9.17, 15) is 4.79 Å². The average molecular weight is 226 g/mol. The number of carbonyl (C=O) groups is 1. The summed E-state index contributed by atoms with van der Waals surface area (Å²) in [5, 5.41) is 0. The van der Waals surface area contributed by atoms with Crippen molar-refractivity contribution >= 4 is 5.97 Å². The van der Waals surface area contributed by atoms with Crippen LogP contribution in [0, 0.1) is 6.92 Å². The van der Waals surface area contributed by atoms with Crippen LogP contribution in [0.1, 0.15) is 15.9 Å². The Morgan fingerprint density at radius 3 is 2.29 bits per heavy atom. The number of rotatable bonds is 2. The van der Waals surface area contributed by atoms with Gasteiger partial charge in [-0.1, -0.05) is 42.0 Å². The molecule has 0 saturated carbocycles. The molecule has 0 unspecified atom stereocenters. The molecule has 0 saturated heterocycles. The van der Waals surface area contributed by atoms with Gasteiger partial charge in [0.2, 0.25) is 0 Å². The van der Waals surface area contributed by atoms with Crippen LogP contribution in [0.25, 0.3) is 11.1 Å². The van der Waals surface area contributed by atoms with Crippen LogP contribution in [-0.2, 0) is 4.74 Å². The van der Waals surface area contributed by atoms with Crippen molar-refractivity contribution in [3.63, 3.8) is 0 Å². The van der Waals surface area contributed by atoms with E-state index in [-0.39, 0.29) is 5.97 Å². The van der Waals surface area contributed by atoms with Gasteiger partial charge in [-0.15, -0.1) is 0 Å². The molecular formula is C15H14O2. The van der Waals surface area contributed by atoms with Crippen molar-refractivity contribution in [1.82, 2.24) is 0 Å². The first-order chi connectivity index (χ1) is 8.20. The fraction of sp³-hybridized carbons (Fsp3) is 0.133. The molecule has 2 aromatic rings. The summed E-state index contributed by atoms with van der Waals surface area (Å²) in [6, 6.07) is 15.7. The van der Waals surface area contributed by atoms with E-state index < -0.39 is 0 Å². The van der Waals surface area contributed by atoms with E-state index in [1.807, 2.05) is 18.2 Å². The first-order valence-corrected chi connectivity index (χ1v) is 5.46. The van der Waals surface area contributed by atoms with Crippen LogP contribution in [0.4, 0.5) is 0 Å². The molecule has 0 fully saturated rings. The lowest BCUT2D eigenvalue weighted by atomic mass is 10.0. The summed E-state index contributed by atoms with van der Waals surface area (Å²) in [6.45, 7) is 2.06. The number of ether oxygens (including phenoxy) is 1. The molecule has 0 spiro atoms. The number of hydrogen-bond acceptors (Lipinski definition) is 2. The second-order valence-corrected chi connectivity index (χ2v) is 3.94. The van der Waals surface area contributed by atoms with Crippen LogP contribution < -0.4 is 0 Å². The molecule has 17 heavy (non-hydrogen) atoms. The van der Waals surface area contributed by atoms with Gasteiger partial charge in [-0.3, -0.25) is 0 Å². The van der Waals surface area contributed by atoms with E-state index in [0.717, 1.165) is 11.1 Å². The van der Waals surface area contributed by atoms with E-state index in [2.05, 4.69) is 29.9 Å². The molecule has 0 aromatic heterocycles. The predicted molar refractivity (Wildman–Crippen MR) is 68.0 cm³/mol. The Morgan fingerprint density at radius 2 is 1.71 bits per heavy atom. The Morgan fingerprint density at radius 1 is 1.00 bits per heavy atom. The molecule has 86 valence electrons. The molecule has 2 heteroatoms. The highest BCUT2D eigenvalue weighted by Crippen LogP contribution is 2.20. The smallest absolute Gasteiger partial charge is 0.337 e. The highest BCUT2D eigenvalue weighted by atomic mass is 16.5. The third kappa shape index (κ3) is 2.53. The summed E-state index contributed by atoms with van der Waals surface area (Å²) in [5.74, 6) is -0.305. The summed E-state index contributed by atoms with van der Waals surface area (Å²) in [4.78, 5) is 11.3. The molecule has 2 aromatic carbocycles. The maximum atomic E-state index is 11.3. The lowest BCUT2D eigenvalue weighted by Crippen LogP contribution is -2.00. The van der Waals surface area contributed by atoms with Crippen molar-refractivity contribution in [3.05, 3.63) is 59.7 Å². The highest BCUT2D eigenvalue weighted by Gasteiger charge is 2.04. The zero-order valence-electron chi connectivity index (χ0n) is 9.94. The van der Waals surface area contributed by atoms with Gasteiger partial charge >= 0.3 is 5.97 Å². The Labute approximate surface area is 101 Å². The average Bonchev–Trinajstić information content (AvgIpc) is 2.38. The van der Waals surface area contributed by atoms with Crippen molar-refractivity contribution in [2.24, 2.45) is 0 Å². The predicted octanol–water partition coefficient (Wildman–Crippen LogP) is 3.45. The maximum absolute atomic E-state index is 11.3. The number of hydrogen-bond donors (Lipinski definition) is 0. The first kappa shape index (κ1) is 11.4. The maximum Gasteiger partial charge on any atom is 0.337 e. The van der Waals surface area contributed by atoms with E-state index >= 15 is 0 Å². The molecule has 0 heterocycles. The number of aryl methyl sites for hydroxylation is 1.